The summed E-state index contributed by atoms with van der Waals surface area (Å²) >= 11 is 0. The number of nitrogen functional groups attached to an aromatic ring is 1. The molecule has 0 aliphatic rings. The molecular weight excluding hydrogens is 166 g/mol. The lowest BCUT2D eigenvalue weighted by molar-refractivity contribution is 0.430. The first-order valence-corrected chi connectivity index (χ1v) is 3.90. The molecule has 0 aliphatic heterocycles. The SMILES string of the molecule is Cc1ccc(-c2ncno2)cc1N. The Bertz CT molecular complexity index is 409. The molecule has 0 radical (unpaired) electrons. The maximum Gasteiger partial charge on any atom is 0.257 e. The lowest BCUT2D eigenvalue weighted by atomic mass is 10.1. The van der Waals surface area contributed by atoms with Crippen molar-refractivity contribution in [2.24, 2.45) is 0 Å². The van der Waals surface area contributed by atoms with Crippen molar-refractivity contribution < 1.29 is 4.52 Å². The average molecular weight is 175 g/mol. The first-order valence-electron chi connectivity index (χ1n) is 3.90. The molecule has 66 valence electrons. The molecular formula is C9H9N3O. The fraction of sp³-hybridized carbons (Fsp3) is 0.111. The molecule has 13 heavy (non-hydrogen) atoms. The smallest absolute Gasteiger partial charge is 0.257 e. The van der Waals surface area contributed by atoms with E-state index in [0.29, 0.717) is 5.89 Å². The lowest BCUT2D eigenvalue weighted by Gasteiger charge is -2.00. The summed E-state index contributed by atoms with van der Waals surface area (Å²) in [6.07, 6.45) is 1.37. The molecule has 0 saturated carbocycles. The lowest BCUT2D eigenvalue weighted by Crippen LogP contribution is -1.89. The van der Waals surface area contributed by atoms with Gasteiger partial charge in [0.15, 0.2) is 6.33 Å². The van der Waals surface area contributed by atoms with Gasteiger partial charge >= 0.3 is 0 Å². The second-order valence-electron chi connectivity index (χ2n) is 2.82. The van der Waals surface area contributed by atoms with Crippen molar-refractivity contribution in [2.45, 2.75) is 6.92 Å². The Morgan fingerprint density at radius 2 is 2.23 bits per heavy atom. The van der Waals surface area contributed by atoms with Gasteiger partial charge in [0, 0.05) is 11.3 Å². The maximum atomic E-state index is 5.74. The summed E-state index contributed by atoms with van der Waals surface area (Å²) < 4.78 is 4.90. The van der Waals surface area contributed by atoms with Crippen molar-refractivity contribution in [3.05, 3.63) is 30.1 Å². The second-order valence-corrected chi connectivity index (χ2v) is 2.82. The van der Waals surface area contributed by atoms with Crippen LogP contribution in [0.1, 0.15) is 5.56 Å². The Kier molecular flexibility index (Phi) is 1.73. The summed E-state index contributed by atoms with van der Waals surface area (Å²) in [6, 6.07) is 5.65. The highest BCUT2D eigenvalue weighted by Crippen LogP contribution is 2.20. The van der Waals surface area contributed by atoms with Gasteiger partial charge in [-0.1, -0.05) is 11.2 Å². The third-order valence-corrected chi connectivity index (χ3v) is 1.89. The van der Waals surface area contributed by atoms with E-state index in [2.05, 4.69) is 10.1 Å². The minimum Gasteiger partial charge on any atom is -0.398 e. The van der Waals surface area contributed by atoms with E-state index in [1.807, 2.05) is 25.1 Å². The van der Waals surface area contributed by atoms with Gasteiger partial charge in [0.1, 0.15) is 0 Å². The highest BCUT2D eigenvalue weighted by Gasteiger charge is 2.04. The van der Waals surface area contributed by atoms with Crippen LogP contribution in [0, 0.1) is 6.92 Å². The zero-order chi connectivity index (χ0) is 9.26. The van der Waals surface area contributed by atoms with Gasteiger partial charge in [-0.05, 0) is 24.6 Å². The normalized spacial score (nSPS) is 10.2. The van der Waals surface area contributed by atoms with Crippen molar-refractivity contribution in [3.63, 3.8) is 0 Å². The summed E-state index contributed by atoms with van der Waals surface area (Å²) in [6.45, 7) is 1.95. The molecule has 0 atom stereocenters. The zero-order valence-corrected chi connectivity index (χ0v) is 7.19. The molecule has 2 aromatic rings. The standard InChI is InChI=1S/C9H9N3O/c1-6-2-3-7(4-8(6)10)9-11-5-12-13-9/h2-5H,10H2,1H3. The van der Waals surface area contributed by atoms with Gasteiger partial charge < -0.3 is 10.3 Å². The van der Waals surface area contributed by atoms with E-state index >= 15 is 0 Å². The Labute approximate surface area is 75.4 Å². The third kappa shape index (κ3) is 1.38. The number of aryl methyl sites for hydroxylation is 1. The molecule has 1 aromatic heterocycles. The number of aromatic nitrogens is 2. The van der Waals surface area contributed by atoms with Crippen LogP contribution in [0.5, 0.6) is 0 Å². The van der Waals surface area contributed by atoms with Crippen LogP contribution >= 0.6 is 0 Å². The molecule has 0 aliphatic carbocycles. The Morgan fingerprint density at radius 1 is 1.38 bits per heavy atom. The summed E-state index contributed by atoms with van der Waals surface area (Å²) in [5.74, 6) is 0.492. The minimum atomic E-state index is 0.492. The molecule has 1 aromatic carbocycles. The first-order chi connectivity index (χ1) is 6.27. The van der Waals surface area contributed by atoms with Gasteiger partial charge in [-0.15, -0.1) is 0 Å². The monoisotopic (exact) mass is 175 g/mol. The van der Waals surface area contributed by atoms with Crippen LogP contribution in [0.3, 0.4) is 0 Å². The Hall–Kier alpha value is -1.84. The molecule has 2 N–H and O–H groups in total. The van der Waals surface area contributed by atoms with Crippen LogP contribution in [-0.2, 0) is 0 Å². The molecule has 0 spiro atoms. The number of anilines is 1. The van der Waals surface area contributed by atoms with E-state index in [9.17, 15) is 0 Å². The fourth-order valence-electron chi connectivity index (χ4n) is 1.07. The topological polar surface area (TPSA) is 64.9 Å². The quantitative estimate of drug-likeness (QED) is 0.669. The van der Waals surface area contributed by atoms with Gasteiger partial charge in [0.05, 0.1) is 0 Å². The summed E-state index contributed by atoms with van der Waals surface area (Å²) in [4.78, 5) is 3.92. The van der Waals surface area contributed by atoms with Crippen molar-refractivity contribution >= 4 is 5.69 Å². The largest absolute Gasteiger partial charge is 0.398 e. The second kappa shape index (κ2) is 2.90. The Balaban J connectivity index is 2.49. The number of nitrogens with zero attached hydrogens (tertiary/aromatic N) is 2. The van der Waals surface area contributed by atoms with E-state index in [0.717, 1.165) is 16.8 Å². The molecule has 0 unspecified atom stereocenters. The molecule has 4 heteroatoms. The van der Waals surface area contributed by atoms with Crippen molar-refractivity contribution in [3.8, 4) is 11.5 Å². The number of nitrogens with two attached hydrogens (primary N) is 1. The molecule has 2 rings (SSSR count). The molecule has 4 nitrogen and oxygen atoms in total. The van der Waals surface area contributed by atoms with E-state index in [4.69, 9.17) is 10.3 Å². The highest BCUT2D eigenvalue weighted by molar-refractivity contribution is 5.62. The summed E-state index contributed by atoms with van der Waals surface area (Å²) in [7, 11) is 0. The van der Waals surface area contributed by atoms with Crippen molar-refractivity contribution in [1.82, 2.24) is 10.1 Å². The summed E-state index contributed by atoms with van der Waals surface area (Å²) in [5.41, 5.74) is 8.36. The van der Waals surface area contributed by atoms with Crippen molar-refractivity contribution in [2.75, 3.05) is 5.73 Å². The number of hydrogen-bond acceptors (Lipinski definition) is 4. The molecule has 0 fully saturated rings. The van der Waals surface area contributed by atoms with Crippen LogP contribution in [-0.4, -0.2) is 10.1 Å². The van der Waals surface area contributed by atoms with Crippen LogP contribution in [0.15, 0.2) is 29.0 Å². The van der Waals surface area contributed by atoms with Crippen molar-refractivity contribution in [1.29, 1.82) is 0 Å². The van der Waals surface area contributed by atoms with Gasteiger partial charge in [0.2, 0.25) is 0 Å². The number of hydrogen-bond donors (Lipinski definition) is 1. The zero-order valence-electron chi connectivity index (χ0n) is 7.19. The maximum absolute atomic E-state index is 5.74. The van der Waals surface area contributed by atoms with E-state index < -0.39 is 0 Å². The van der Waals surface area contributed by atoms with E-state index in [-0.39, 0.29) is 0 Å². The number of benzene rings is 1. The summed E-state index contributed by atoms with van der Waals surface area (Å²) in [5, 5.41) is 3.52. The first kappa shape index (κ1) is 7.79. The van der Waals surface area contributed by atoms with Crippen LogP contribution in [0.4, 0.5) is 5.69 Å². The average Bonchev–Trinajstić information content (AvgIpc) is 2.62. The fourth-order valence-corrected chi connectivity index (χ4v) is 1.07. The van der Waals surface area contributed by atoms with Crippen LogP contribution < -0.4 is 5.73 Å². The molecule has 1 heterocycles. The number of rotatable bonds is 1. The highest BCUT2D eigenvalue weighted by atomic mass is 16.5. The minimum absolute atomic E-state index is 0.492. The van der Waals surface area contributed by atoms with Crippen LogP contribution in [0.2, 0.25) is 0 Å². The van der Waals surface area contributed by atoms with Gasteiger partial charge in [-0.2, -0.15) is 4.98 Å². The van der Waals surface area contributed by atoms with Crippen LogP contribution in [0.25, 0.3) is 11.5 Å². The molecule has 0 saturated heterocycles. The van der Waals surface area contributed by atoms with Gasteiger partial charge in [-0.25, -0.2) is 0 Å². The predicted molar refractivity (Wildman–Crippen MR) is 48.9 cm³/mol. The van der Waals surface area contributed by atoms with Gasteiger partial charge in [0.25, 0.3) is 5.89 Å². The van der Waals surface area contributed by atoms with Gasteiger partial charge in [-0.3, -0.25) is 0 Å². The molecule has 0 bridgehead atoms. The third-order valence-electron chi connectivity index (χ3n) is 1.89. The predicted octanol–water partition coefficient (Wildman–Crippen LogP) is 1.63. The Morgan fingerprint density at radius 3 is 2.85 bits per heavy atom. The molecule has 0 amide bonds. The van der Waals surface area contributed by atoms with E-state index in [1.165, 1.54) is 6.33 Å². The van der Waals surface area contributed by atoms with E-state index in [1.54, 1.807) is 0 Å².